The third-order valence-corrected chi connectivity index (χ3v) is 8.74. The fourth-order valence-corrected chi connectivity index (χ4v) is 6.46. The van der Waals surface area contributed by atoms with Crippen molar-refractivity contribution >= 4 is 44.2 Å². The summed E-state index contributed by atoms with van der Waals surface area (Å²) in [6.07, 6.45) is 1.95. The maximum atomic E-state index is 6.51. The molecule has 2 N–H and O–H groups in total. The van der Waals surface area contributed by atoms with Gasteiger partial charge in [-0.1, -0.05) is 110 Å². The number of nitrogens with zero attached hydrogens (tertiary/aromatic N) is 2. The Balaban J connectivity index is 1.56. The second-order valence-electron chi connectivity index (χ2n) is 11.7. The molecule has 46 heavy (non-hydrogen) atoms. The first-order valence-electron chi connectivity index (χ1n) is 15.4. The Morgan fingerprint density at radius 1 is 0.696 bits per heavy atom. The lowest BCUT2D eigenvalue weighted by Crippen LogP contribution is -2.32. The number of nitrogens with two attached hydrogens (primary N) is 1. The van der Waals surface area contributed by atoms with Crippen LogP contribution in [0.15, 0.2) is 157 Å². The number of aryl methyl sites for hydroxylation is 1. The second kappa shape index (κ2) is 11.9. The van der Waals surface area contributed by atoms with Crippen molar-refractivity contribution in [1.29, 1.82) is 0 Å². The summed E-state index contributed by atoms with van der Waals surface area (Å²) in [6.45, 7) is 10.8. The molecule has 0 aromatic heterocycles. The molecule has 4 nitrogen and oxygen atoms in total. The van der Waals surface area contributed by atoms with Crippen LogP contribution < -0.4 is 15.5 Å². The van der Waals surface area contributed by atoms with Crippen LogP contribution in [0.5, 0.6) is 5.75 Å². The minimum absolute atomic E-state index is 0.588. The number of hydrogen-bond acceptors (Lipinski definition) is 3. The zero-order valence-corrected chi connectivity index (χ0v) is 26.3. The lowest BCUT2D eigenvalue weighted by atomic mass is 9.90. The van der Waals surface area contributed by atoms with Crippen molar-refractivity contribution in [3.05, 3.63) is 168 Å². The van der Waals surface area contributed by atoms with Gasteiger partial charge in [0.2, 0.25) is 0 Å². The standard InChI is InChI=1S/C42H35N3O/c1-27-13-5-10-18-36(27)41(30(4)32-22-21-31-14-6-7-15-33(31)24-32)42(44-43)45-28(2)23-29(3)46-40-20-12-11-19-37(40)38-25-34-16-8-9-17-35(34)26-39(38)45/h5-26H,2,43H2,1,3-4H3/b29-23+,41-30-,44-42+. The van der Waals surface area contributed by atoms with Crippen LogP contribution in [-0.2, 0) is 0 Å². The Kier molecular flexibility index (Phi) is 7.47. The lowest BCUT2D eigenvalue weighted by molar-refractivity contribution is 0.429. The normalized spacial score (nSPS) is 15.1. The predicted octanol–water partition coefficient (Wildman–Crippen LogP) is 10.5. The number of hydrogen-bond donors (Lipinski definition) is 1. The Hall–Kier alpha value is -5.87. The highest BCUT2D eigenvalue weighted by Crippen LogP contribution is 2.44. The SMILES string of the molecule is C=C1/C=C(\C)Oc2ccccc2-c2cc3ccccc3cc2N1C(=N/N)/C(=C(/C)c1ccc2ccccc2c1)c1ccccc1C. The fraction of sp³-hybridized carbons (Fsp3) is 0.0714. The van der Waals surface area contributed by atoms with Crippen molar-refractivity contribution in [1.82, 2.24) is 0 Å². The highest BCUT2D eigenvalue weighted by atomic mass is 16.5. The molecule has 0 saturated carbocycles. The maximum absolute atomic E-state index is 6.51. The van der Waals surface area contributed by atoms with E-state index in [0.29, 0.717) is 17.3 Å². The van der Waals surface area contributed by atoms with Crippen LogP contribution in [0.1, 0.15) is 30.5 Å². The minimum atomic E-state index is 0.588. The first kappa shape index (κ1) is 28.9. The third-order valence-electron chi connectivity index (χ3n) is 8.74. The molecule has 0 atom stereocenters. The van der Waals surface area contributed by atoms with Crippen molar-refractivity contribution in [3.63, 3.8) is 0 Å². The van der Waals surface area contributed by atoms with Crippen molar-refractivity contribution in [2.45, 2.75) is 20.8 Å². The molecule has 0 saturated heterocycles. The molecule has 0 fully saturated rings. The van der Waals surface area contributed by atoms with Gasteiger partial charge in [0.15, 0.2) is 5.84 Å². The Labute approximate surface area is 270 Å². The number of anilines is 1. The van der Waals surface area contributed by atoms with E-state index in [-0.39, 0.29) is 0 Å². The summed E-state index contributed by atoms with van der Waals surface area (Å²) in [6, 6.07) is 44.3. The topological polar surface area (TPSA) is 50.8 Å². The van der Waals surface area contributed by atoms with Gasteiger partial charge in [0.25, 0.3) is 0 Å². The average Bonchev–Trinajstić information content (AvgIpc) is 3.11. The van der Waals surface area contributed by atoms with Gasteiger partial charge in [0.1, 0.15) is 11.5 Å². The van der Waals surface area contributed by atoms with Gasteiger partial charge < -0.3 is 10.6 Å². The average molecular weight is 598 g/mol. The number of benzene rings is 6. The van der Waals surface area contributed by atoms with E-state index in [0.717, 1.165) is 61.2 Å². The quantitative estimate of drug-likeness (QED) is 0.0726. The number of ether oxygens (including phenoxy) is 1. The van der Waals surface area contributed by atoms with E-state index < -0.39 is 0 Å². The van der Waals surface area contributed by atoms with Gasteiger partial charge in [-0.15, -0.1) is 0 Å². The molecule has 0 aliphatic carbocycles. The highest BCUT2D eigenvalue weighted by molar-refractivity contribution is 6.36. The number of rotatable bonds is 3. The van der Waals surface area contributed by atoms with Crippen LogP contribution in [0.4, 0.5) is 5.69 Å². The van der Waals surface area contributed by atoms with Crippen LogP contribution in [0, 0.1) is 6.92 Å². The number of allylic oxidation sites excluding steroid dienone is 3. The third kappa shape index (κ3) is 5.14. The molecule has 6 aromatic carbocycles. The summed E-state index contributed by atoms with van der Waals surface area (Å²) in [5.74, 6) is 8.58. The van der Waals surface area contributed by atoms with E-state index in [2.05, 4.69) is 140 Å². The minimum Gasteiger partial charge on any atom is -0.461 e. The molecule has 1 aliphatic heterocycles. The van der Waals surface area contributed by atoms with E-state index in [1.807, 2.05) is 31.2 Å². The largest absolute Gasteiger partial charge is 0.461 e. The second-order valence-corrected chi connectivity index (χ2v) is 11.7. The van der Waals surface area contributed by atoms with Gasteiger partial charge in [0.05, 0.1) is 5.69 Å². The van der Waals surface area contributed by atoms with Gasteiger partial charge in [-0.2, -0.15) is 5.10 Å². The molecule has 4 heteroatoms. The van der Waals surface area contributed by atoms with Crippen molar-refractivity contribution in [2.24, 2.45) is 10.9 Å². The maximum Gasteiger partial charge on any atom is 0.165 e. The van der Waals surface area contributed by atoms with Gasteiger partial charge in [0, 0.05) is 22.4 Å². The summed E-state index contributed by atoms with van der Waals surface area (Å²) in [5.41, 5.74) is 8.79. The Morgan fingerprint density at radius 3 is 2.07 bits per heavy atom. The smallest absolute Gasteiger partial charge is 0.165 e. The van der Waals surface area contributed by atoms with Gasteiger partial charge >= 0.3 is 0 Å². The molecule has 6 aromatic rings. The Morgan fingerprint density at radius 2 is 1.33 bits per heavy atom. The first-order chi connectivity index (χ1) is 22.4. The summed E-state index contributed by atoms with van der Waals surface area (Å²) in [7, 11) is 0. The predicted molar refractivity (Wildman–Crippen MR) is 195 cm³/mol. The van der Waals surface area contributed by atoms with Gasteiger partial charge in [-0.25, -0.2) is 0 Å². The van der Waals surface area contributed by atoms with Crippen molar-refractivity contribution < 1.29 is 4.74 Å². The van der Waals surface area contributed by atoms with E-state index in [4.69, 9.17) is 10.6 Å². The molecule has 1 heterocycles. The van der Waals surface area contributed by atoms with E-state index in [1.54, 1.807) is 0 Å². The van der Waals surface area contributed by atoms with Crippen LogP contribution >= 0.6 is 0 Å². The molecular weight excluding hydrogens is 562 g/mol. The van der Waals surface area contributed by atoms with E-state index in [1.165, 1.54) is 10.8 Å². The zero-order chi connectivity index (χ0) is 31.8. The molecule has 0 spiro atoms. The van der Waals surface area contributed by atoms with Crippen LogP contribution in [-0.4, -0.2) is 5.84 Å². The fourth-order valence-electron chi connectivity index (χ4n) is 6.46. The molecule has 1 aliphatic rings. The van der Waals surface area contributed by atoms with E-state index in [9.17, 15) is 0 Å². The summed E-state index contributed by atoms with van der Waals surface area (Å²) in [4.78, 5) is 2.09. The van der Waals surface area contributed by atoms with Crippen molar-refractivity contribution in [3.8, 4) is 16.9 Å². The first-order valence-corrected chi connectivity index (χ1v) is 15.4. The highest BCUT2D eigenvalue weighted by Gasteiger charge is 2.29. The Bertz CT molecular complexity index is 2260. The van der Waals surface area contributed by atoms with Crippen LogP contribution in [0.25, 0.3) is 43.8 Å². The van der Waals surface area contributed by atoms with Gasteiger partial charge in [-0.05, 0) is 94.9 Å². The number of para-hydroxylation sites is 1. The van der Waals surface area contributed by atoms with Crippen LogP contribution in [0.2, 0.25) is 0 Å². The summed E-state index contributed by atoms with van der Waals surface area (Å²) < 4.78 is 6.43. The molecule has 0 bridgehead atoms. The number of hydrazone groups is 1. The number of amidine groups is 1. The molecule has 0 amide bonds. The molecule has 0 radical (unpaired) electrons. The molecular formula is C42H35N3O. The monoisotopic (exact) mass is 597 g/mol. The van der Waals surface area contributed by atoms with Gasteiger partial charge in [-0.3, -0.25) is 4.90 Å². The van der Waals surface area contributed by atoms with E-state index >= 15 is 0 Å². The molecule has 0 unspecified atom stereocenters. The zero-order valence-electron chi connectivity index (χ0n) is 26.3. The molecule has 7 rings (SSSR count). The van der Waals surface area contributed by atoms with Crippen LogP contribution in [0.3, 0.4) is 0 Å². The summed E-state index contributed by atoms with van der Waals surface area (Å²) in [5, 5.41) is 9.19. The molecule has 224 valence electrons. The lowest BCUT2D eigenvalue weighted by Gasteiger charge is -2.31. The van der Waals surface area contributed by atoms with Crippen molar-refractivity contribution in [2.75, 3.05) is 4.90 Å². The number of fused-ring (bicyclic) bond motifs is 5. The summed E-state index contributed by atoms with van der Waals surface area (Å²) >= 11 is 0.